The number of benzene rings is 3. The Morgan fingerprint density at radius 3 is 2.19 bits per heavy atom. The number of amides is 1. The van der Waals surface area contributed by atoms with E-state index in [1.54, 1.807) is 30.3 Å². The van der Waals surface area contributed by atoms with Crippen molar-refractivity contribution in [3.8, 4) is 5.75 Å². The number of anilines is 2. The van der Waals surface area contributed by atoms with Crippen LogP contribution in [0.15, 0.2) is 82.6 Å². The van der Waals surface area contributed by atoms with Crippen molar-refractivity contribution in [2.75, 3.05) is 36.9 Å². The topological polar surface area (TPSA) is 113 Å². The van der Waals surface area contributed by atoms with E-state index in [-0.39, 0.29) is 32.5 Å². The summed E-state index contributed by atoms with van der Waals surface area (Å²) in [5, 5.41) is 2.70. The number of hydrogen-bond acceptors (Lipinski definition) is 6. The second kappa shape index (κ2) is 10.3. The van der Waals surface area contributed by atoms with Gasteiger partial charge in [0.15, 0.2) is 0 Å². The third-order valence-corrected chi connectivity index (χ3v) is 9.69. The summed E-state index contributed by atoms with van der Waals surface area (Å²) in [7, 11) is -4.86. The van der Waals surface area contributed by atoms with Gasteiger partial charge < -0.3 is 10.1 Å². The van der Waals surface area contributed by atoms with Gasteiger partial charge in [-0.1, -0.05) is 30.3 Å². The van der Waals surface area contributed by atoms with E-state index in [1.165, 1.54) is 60.9 Å². The van der Waals surface area contributed by atoms with Crippen LogP contribution < -0.4 is 14.4 Å². The van der Waals surface area contributed by atoms with E-state index in [9.17, 15) is 21.6 Å². The molecule has 0 spiro atoms. The average molecular weight is 530 g/mol. The molecule has 1 saturated heterocycles. The van der Waals surface area contributed by atoms with Gasteiger partial charge >= 0.3 is 0 Å². The first-order chi connectivity index (χ1) is 17.2. The maximum absolute atomic E-state index is 13.3. The first-order valence-electron chi connectivity index (χ1n) is 11.3. The summed E-state index contributed by atoms with van der Waals surface area (Å²) >= 11 is 0. The van der Waals surface area contributed by atoms with Crippen LogP contribution in [-0.4, -0.2) is 54.3 Å². The van der Waals surface area contributed by atoms with Crippen LogP contribution in [-0.2, 0) is 20.0 Å². The minimum absolute atomic E-state index is 0.0394. The predicted molar refractivity (Wildman–Crippen MR) is 137 cm³/mol. The maximum atomic E-state index is 13.3. The zero-order valence-electron chi connectivity index (χ0n) is 19.9. The van der Waals surface area contributed by atoms with E-state index in [2.05, 4.69) is 5.32 Å². The minimum Gasteiger partial charge on any atom is -0.495 e. The van der Waals surface area contributed by atoms with E-state index in [0.29, 0.717) is 13.1 Å². The van der Waals surface area contributed by atoms with Crippen molar-refractivity contribution in [1.29, 1.82) is 0 Å². The predicted octanol–water partition coefficient (Wildman–Crippen LogP) is 3.56. The number of carbonyl (C=O) groups excluding carboxylic acids is 1. The number of carbonyl (C=O) groups is 1. The first-order valence-corrected chi connectivity index (χ1v) is 14.2. The molecule has 36 heavy (non-hydrogen) atoms. The summed E-state index contributed by atoms with van der Waals surface area (Å²) in [5.74, 6) is -0.346. The largest absolute Gasteiger partial charge is 0.495 e. The second-order valence-corrected chi connectivity index (χ2v) is 12.1. The van der Waals surface area contributed by atoms with E-state index < -0.39 is 26.0 Å². The molecular formula is C25H27N3O6S2. The van der Waals surface area contributed by atoms with Gasteiger partial charge in [-0.15, -0.1) is 0 Å². The van der Waals surface area contributed by atoms with E-state index in [0.717, 1.165) is 17.1 Å². The van der Waals surface area contributed by atoms with Gasteiger partial charge in [-0.2, -0.15) is 4.31 Å². The Bertz CT molecular complexity index is 1470. The molecular weight excluding hydrogens is 502 g/mol. The van der Waals surface area contributed by atoms with Crippen LogP contribution in [0.25, 0.3) is 0 Å². The number of ether oxygens (including phenoxy) is 1. The van der Waals surface area contributed by atoms with Crippen LogP contribution >= 0.6 is 0 Å². The van der Waals surface area contributed by atoms with Gasteiger partial charge in [0.25, 0.3) is 15.9 Å². The molecule has 0 radical (unpaired) electrons. The lowest BCUT2D eigenvalue weighted by molar-refractivity contribution is 0.102. The quantitative estimate of drug-likeness (QED) is 0.478. The summed E-state index contributed by atoms with van der Waals surface area (Å²) in [6.45, 7) is 0.900. The molecule has 1 fully saturated rings. The fraction of sp³-hybridized carbons (Fsp3) is 0.240. The number of nitrogens with zero attached hydrogens (tertiary/aromatic N) is 2. The Morgan fingerprint density at radius 2 is 1.53 bits per heavy atom. The van der Waals surface area contributed by atoms with Crippen molar-refractivity contribution in [2.45, 2.75) is 22.6 Å². The van der Waals surface area contributed by atoms with Crippen molar-refractivity contribution in [2.24, 2.45) is 0 Å². The highest BCUT2D eigenvalue weighted by Gasteiger charge is 2.29. The molecule has 4 rings (SSSR count). The van der Waals surface area contributed by atoms with E-state index in [1.807, 2.05) is 0 Å². The van der Waals surface area contributed by atoms with E-state index >= 15 is 0 Å². The van der Waals surface area contributed by atoms with Gasteiger partial charge in [0.05, 0.1) is 33.8 Å². The van der Waals surface area contributed by atoms with Crippen LogP contribution in [0.2, 0.25) is 0 Å². The Morgan fingerprint density at radius 1 is 0.889 bits per heavy atom. The summed E-state index contributed by atoms with van der Waals surface area (Å²) < 4.78 is 60.2. The molecule has 0 atom stereocenters. The standard InChI is InChI=1S/C25H27N3O6S2/c1-27(35(30,31)19-10-4-3-5-11-19)23-13-7-6-12-21(23)25(29)26-22-18-20(14-15-24(22)34-2)36(32,33)28-16-8-9-17-28/h3-7,10-15,18H,8-9,16-17H2,1-2H3,(H,26,29). The van der Waals surface area contributed by atoms with Crippen LogP contribution in [0.3, 0.4) is 0 Å². The molecule has 1 N–H and O–H groups in total. The Kier molecular flexibility index (Phi) is 7.34. The average Bonchev–Trinajstić information content (AvgIpc) is 3.45. The highest BCUT2D eigenvalue weighted by Crippen LogP contribution is 2.32. The smallest absolute Gasteiger partial charge is 0.264 e. The van der Waals surface area contributed by atoms with Gasteiger partial charge in [0.2, 0.25) is 10.0 Å². The zero-order chi connectivity index (χ0) is 25.9. The summed E-state index contributed by atoms with van der Waals surface area (Å²) in [6.07, 6.45) is 1.60. The van der Waals surface area contributed by atoms with Gasteiger partial charge in [0.1, 0.15) is 5.75 Å². The van der Waals surface area contributed by atoms with Crippen molar-refractivity contribution in [1.82, 2.24) is 4.31 Å². The molecule has 1 heterocycles. The lowest BCUT2D eigenvalue weighted by Crippen LogP contribution is -2.29. The van der Waals surface area contributed by atoms with Crippen molar-refractivity contribution < 1.29 is 26.4 Å². The minimum atomic E-state index is -3.93. The Labute approximate surface area is 211 Å². The van der Waals surface area contributed by atoms with Gasteiger partial charge in [-0.05, 0) is 55.3 Å². The molecule has 1 aliphatic heterocycles. The summed E-state index contributed by atoms with van der Waals surface area (Å²) in [5.41, 5.74) is 0.416. The molecule has 3 aromatic carbocycles. The molecule has 0 saturated carbocycles. The highest BCUT2D eigenvalue weighted by atomic mass is 32.2. The molecule has 0 aromatic heterocycles. The molecule has 1 amide bonds. The molecule has 0 unspecified atom stereocenters. The number of para-hydroxylation sites is 1. The lowest BCUT2D eigenvalue weighted by atomic mass is 10.1. The maximum Gasteiger partial charge on any atom is 0.264 e. The molecule has 0 aliphatic carbocycles. The van der Waals surface area contributed by atoms with Gasteiger partial charge in [-0.25, -0.2) is 16.8 Å². The number of rotatable bonds is 8. The highest BCUT2D eigenvalue weighted by molar-refractivity contribution is 7.92. The lowest BCUT2D eigenvalue weighted by Gasteiger charge is -2.22. The zero-order valence-corrected chi connectivity index (χ0v) is 21.6. The molecule has 190 valence electrons. The fourth-order valence-electron chi connectivity index (χ4n) is 4.03. The monoisotopic (exact) mass is 529 g/mol. The van der Waals surface area contributed by atoms with Crippen LogP contribution in [0.5, 0.6) is 5.75 Å². The molecule has 0 bridgehead atoms. The third-order valence-electron chi connectivity index (χ3n) is 6.01. The van der Waals surface area contributed by atoms with Crippen molar-refractivity contribution >= 4 is 37.3 Å². The first kappa shape index (κ1) is 25.7. The number of hydrogen-bond donors (Lipinski definition) is 1. The second-order valence-electron chi connectivity index (χ2n) is 8.23. The SMILES string of the molecule is COc1ccc(S(=O)(=O)N2CCCC2)cc1NC(=O)c1ccccc1N(C)S(=O)(=O)c1ccccc1. The number of nitrogens with one attached hydrogen (secondary N) is 1. The summed E-state index contributed by atoms with van der Waals surface area (Å²) in [6, 6.07) is 18.5. The molecule has 11 heteroatoms. The Hall–Kier alpha value is -3.41. The molecule has 1 aliphatic rings. The number of sulfonamides is 2. The molecule has 3 aromatic rings. The Balaban J connectivity index is 1.67. The van der Waals surface area contributed by atoms with Crippen LogP contribution in [0, 0.1) is 0 Å². The van der Waals surface area contributed by atoms with Crippen molar-refractivity contribution in [3.63, 3.8) is 0 Å². The third kappa shape index (κ3) is 4.95. The van der Waals surface area contributed by atoms with Gasteiger partial charge in [-0.3, -0.25) is 9.10 Å². The molecule has 9 nitrogen and oxygen atoms in total. The summed E-state index contributed by atoms with van der Waals surface area (Å²) in [4.78, 5) is 13.5. The normalized spacial score (nSPS) is 14.4. The van der Waals surface area contributed by atoms with Gasteiger partial charge in [0, 0.05) is 20.1 Å². The number of methoxy groups -OCH3 is 1. The van der Waals surface area contributed by atoms with Crippen molar-refractivity contribution in [3.05, 3.63) is 78.4 Å². The van der Waals surface area contributed by atoms with Crippen LogP contribution in [0.1, 0.15) is 23.2 Å². The fourth-order valence-corrected chi connectivity index (χ4v) is 6.81. The van der Waals surface area contributed by atoms with Crippen LogP contribution in [0.4, 0.5) is 11.4 Å². The van der Waals surface area contributed by atoms with E-state index in [4.69, 9.17) is 4.74 Å².